The van der Waals surface area contributed by atoms with E-state index in [4.69, 9.17) is 5.73 Å². The van der Waals surface area contributed by atoms with Crippen molar-refractivity contribution in [3.63, 3.8) is 0 Å². The van der Waals surface area contributed by atoms with Crippen molar-refractivity contribution in [1.82, 2.24) is 0 Å². The molecular formula is C12H22ClNS. The SMILES string of the molecule is CCCCCCCC(N)c1ccsc1.Cl. The van der Waals surface area contributed by atoms with E-state index in [1.165, 1.54) is 37.7 Å². The van der Waals surface area contributed by atoms with E-state index in [0.29, 0.717) is 0 Å². The van der Waals surface area contributed by atoms with Gasteiger partial charge in [-0.2, -0.15) is 11.3 Å². The van der Waals surface area contributed by atoms with Crippen LogP contribution in [0.5, 0.6) is 0 Å². The first-order valence-corrected chi connectivity index (χ1v) is 6.56. The zero-order chi connectivity index (χ0) is 10.2. The van der Waals surface area contributed by atoms with Crippen LogP contribution in [-0.2, 0) is 0 Å². The first kappa shape index (κ1) is 14.9. The quantitative estimate of drug-likeness (QED) is 0.704. The maximum absolute atomic E-state index is 6.06. The van der Waals surface area contributed by atoms with Crippen LogP contribution in [0.4, 0.5) is 0 Å². The van der Waals surface area contributed by atoms with Crippen molar-refractivity contribution in [3.8, 4) is 0 Å². The van der Waals surface area contributed by atoms with Gasteiger partial charge >= 0.3 is 0 Å². The summed E-state index contributed by atoms with van der Waals surface area (Å²) in [5.41, 5.74) is 7.37. The van der Waals surface area contributed by atoms with Crippen molar-refractivity contribution in [2.24, 2.45) is 5.73 Å². The van der Waals surface area contributed by atoms with Gasteiger partial charge in [-0.25, -0.2) is 0 Å². The molecule has 0 saturated heterocycles. The lowest BCUT2D eigenvalue weighted by molar-refractivity contribution is 0.556. The lowest BCUT2D eigenvalue weighted by atomic mass is 10.0. The molecule has 88 valence electrons. The minimum atomic E-state index is 0. The summed E-state index contributed by atoms with van der Waals surface area (Å²) in [4.78, 5) is 0. The van der Waals surface area contributed by atoms with Gasteiger partial charge in [0.05, 0.1) is 0 Å². The summed E-state index contributed by atoms with van der Waals surface area (Å²) in [6.45, 7) is 2.25. The standard InChI is InChI=1S/C12H21NS.ClH/c1-2-3-4-5-6-7-12(13)11-8-9-14-10-11;/h8-10,12H,2-7,13H2,1H3;1H. The van der Waals surface area contributed by atoms with Crippen molar-refractivity contribution in [1.29, 1.82) is 0 Å². The third-order valence-corrected chi connectivity index (χ3v) is 3.29. The highest BCUT2D eigenvalue weighted by atomic mass is 35.5. The van der Waals surface area contributed by atoms with E-state index in [1.54, 1.807) is 11.3 Å². The van der Waals surface area contributed by atoms with Crippen LogP contribution >= 0.6 is 23.7 Å². The Morgan fingerprint density at radius 1 is 1.27 bits per heavy atom. The van der Waals surface area contributed by atoms with Gasteiger partial charge in [0.1, 0.15) is 0 Å². The minimum absolute atomic E-state index is 0. The van der Waals surface area contributed by atoms with Crippen LogP contribution in [0.2, 0.25) is 0 Å². The summed E-state index contributed by atoms with van der Waals surface area (Å²) in [6, 6.07) is 2.41. The monoisotopic (exact) mass is 247 g/mol. The topological polar surface area (TPSA) is 26.0 Å². The summed E-state index contributed by atoms with van der Waals surface area (Å²) < 4.78 is 0. The predicted octanol–water partition coefficient (Wildman–Crippen LogP) is 4.53. The number of rotatable bonds is 7. The second-order valence-corrected chi connectivity index (χ2v) is 4.65. The summed E-state index contributed by atoms with van der Waals surface area (Å²) in [5, 5.41) is 4.27. The Morgan fingerprint density at radius 3 is 2.60 bits per heavy atom. The van der Waals surface area contributed by atoms with E-state index in [9.17, 15) is 0 Å². The fourth-order valence-corrected chi connectivity index (χ4v) is 2.35. The minimum Gasteiger partial charge on any atom is -0.324 e. The molecule has 1 heterocycles. The Balaban J connectivity index is 0.00000196. The molecule has 0 bridgehead atoms. The van der Waals surface area contributed by atoms with Gasteiger partial charge in [0.2, 0.25) is 0 Å². The maximum atomic E-state index is 6.06. The van der Waals surface area contributed by atoms with E-state index in [2.05, 4.69) is 23.8 Å². The van der Waals surface area contributed by atoms with E-state index < -0.39 is 0 Å². The average molecular weight is 248 g/mol. The summed E-state index contributed by atoms with van der Waals surface area (Å²) in [5.74, 6) is 0. The molecule has 0 radical (unpaired) electrons. The highest BCUT2D eigenvalue weighted by Crippen LogP contribution is 2.19. The Hall–Kier alpha value is -0.0500. The molecule has 1 nitrogen and oxygen atoms in total. The molecule has 0 fully saturated rings. The molecule has 2 N–H and O–H groups in total. The molecule has 1 atom stereocenters. The molecule has 0 aliphatic rings. The molecule has 15 heavy (non-hydrogen) atoms. The number of thiophene rings is 1. The van der Waals surface area contributed by atoms with Gasteiger partial charge in [-0.3, -0.25) is 0 Å². The Morgan fingerprint density at radius 2 is 2.00 bits per heavy atom. The maximum Gasteiger partial charge on any atom is 0.0303 e. The fraction of sp³-hybridized carbons (Fsp3) is 0.667. The van der Waals surface area contributed by atoms with Crippen molar-refractivity contribution >= 4 is 23.7 Å². The van der Waals surface area contributed by atoms with Gasteiger partial charge in [0, 0.05) is 6.04 Å². The molecule has 0 amide bonds. The number of hydrogen-bond donors (Lipinski definition) is 1. The van der Waals surface area contributed by atoms with Crippen LogP contribution in [0, 0.1) is 0 Å². The smallest absolute Gasteiger partial charge is 0.0303 e. The molecular weight excluding hydrogens is 226 g/mol. The molecule has 1 unspecified atom stereocenters. The Labute approximate surface area is 103 Å². The summed E-state index contributed by atoms with van der Waals surface area (Å²) >= 11 is 1.74. The van der Waals surface area contributed by atoms with Crippen LogP contribution in [0.15, 0.2) is 16.8 Å². The molecule has 0 spiro atoms. The van der Waals surface area contributed by atoms with E-state index in [1.807, 2.05) is 0 Å². The van der Waals surface area contributed by atoms with Crippen LogP contribution in [0.25, 0.3) is 0 Å². The van der Waals surface area contributed by atoms with Gasteiger partial charge in [-0.15, -0.1) is 12.4 Å². The summed E-state index contributed by atoms with van der Waals surface area (Å²) in [7, 11) is 0. The highest BCUT2D eigenvalue weighted by Gasteiger charge is 2.04. The van der Waals surface area contributed by atoms with Gasteiger partial charge < -0.3 is 5.73 Å². The lowest BCUT2D eigenvalue weighted by Crippen LogP contribution is -2.08. The largest absolute Gasteiger partial charge is 0.324 e. The number of hydrogen-bond acceptors (Lipinski definition) is 2. The van der Waals surface area contributed by atoms with E-state index in [-0.39, 0.29) is 18.4 Å². The average Bonchev–Trinajstić information content (AvgIpc) is 2.70. The van der Waals surface area contributed by atoms with Crippen molar-refractivity contribution in [3.05, 3.63) is 22.4 Å². The molecule has 1 aromatic heterocycles. The molecule has 3 heteroatoms. The number of nitrogens with two attached hydrogens (primary N) is 1. The van der Waals surface area contributed by atoms with Crippen molar-refractivity contribution in [2.75, 3.05) is 0 Å². The normalized spacial score (nSPS) is 12.1. The highest BCUT2D eigenvalue weighted by molar-refractivity contribution is 7.07. The molecule has 0 aromatic carbocycles. The Bertz CT molecular complexity index is 224. The number of unbranched alkanes of at least 4 members (excludes halogenated alkanes) is 4. The van der Waals surface area contributed by atoms with Gasteiger partial charge in [0.25, 0.3) is 0 Å². The predicted molar refractivity (Wildman–Crippen MR) is 71.9 cm³/mol. The van der Waals surface area contributed by atoms with Crippen LogP contribution < -0.4 is 5.73 Å². The second-order valence-electron chi connectivity index (χ2n) is 3.87. The first-order valence-electron chi connectivity index (χ1n) is 5.62. The Kier molecular flexibility index (Phi) is 9.17. The third kappa shape index (κ3) is 6.18. The number of halogens is 1. The second kappa shape index (κ2) is 9.20. The third-order valence-electron chi connectivity index (χ3n) is 2.59. The van der Waals surface area contributed by atoms with E-state index >= 15 is 0 Å². The summed E-state index contributed by atoms with van der Waals surface area (Å²) in [6.07, 6.45) is 7.81. The van der Waals surface area contributed by atoms with Crippen LogP contribution in [0.3, 0.4) is 0 Å². The van der Waals surface area contributed by atoms with E-state index in [0.717, 1.165) is 6.42 Å². The van der Waals surface area contributed by atoms with Crippen LogP contribution in [-0.4, -0.2) is 0 Å². The van der Waals surface area contributed by atoms with Crippen molar-refractivity contribution < 1.29 is 0 Å². The zero-order valence-corrected chi connectivity index (χ0v) is 11.1. The van der Waals surface area contributed by atoms with Crippen LogP contribution in [0.1, 0.15) is 57.1 Å². The lowest BCUT2D eigenvalue weighted by Gasteiger charge is -2.09. The molecule has 0 aliphatic heterocycles. The zero-order valence-electron chi connectivity index (χ0n) is 9.45. The first-order chi connectivity index (χ1) is 6.84. The van der Waals surface area contributed by atoms with Gasteiger partial charge in [-0.05, 0) is 28.8 Å². The fourth-order valence-electron chi connectivity index (χ4n) is 1.62. The molecule has 0 aliphatic carbocycles. The molecule has 0 saturated carbocycles. The molecule has 1 rings (SSSR count). The molecule has 1 aromatic rings. The van der Waals surface area contributed by atoms with Gasteiger partial charge in [0.15, 0.2) is 0 Å². The van der Waals surface area contributed by atoms with Crippen molar-refractivity contribution in [2.45, 2.75) is 51.5 Å². The van der Waals surface area contributed by atoms with Gasteiger partial charge in [-0.1, -0.05) is 39.0 Å².